The minimum Gasteiger partial charge on any atom is -0.342 e. The Hall–Kier alpha value is -1.83. The number of rotatable bonds is 2. The van der Waals surface area contributed by atoms with Crippen molar-refractivity contribution in [2.75, 3.05) is 31.9 Å². The molecule has 8 heteroatoms. The largest absolute Gasteiger partial charge is 0.342 e. The van der Waals surface area contributed by atoms with Crippen molar-refractivity contribution in [2.24, 2.45) is 5.92 Å². The number of aromatic nitrogens is 2. The number of hydrogen-bond donors (Lipinski definition) is 0. The van der Waals surface area contributed by atoms with Gasteiger partial charge in [0.05, 0.1) is 0 Å². The summed E-state index contributed by atoms with van der Waals surface area (Å²) in [5.41, 5.74) is -0.0867. The molecule has 1 aromatic heterocycles. The predicted octanol–water partition coefficient (Wildman–Crippen LogP) is 1.60. The molecule has 0 aliphatic carbocycles. The topological polar surface area (TPSA) is 75.5 Å². The number of thioether (sulfide) groups is 1. The van der Waals surface area contributed by atoms with E-state index >= 15 is 0 Å². The molecule has 4 heterocycles. The van der Waals surface area contributed by atoms with Crippen molar-refractivity contribution < 1.29 is 9.59 Å². The fourth-order valence-electron chi connectivity index (χ4n) is 4.21. The summed E-state index contributed by atoms with van der Waals surface area (Å²) in [4.78, 5) is 46.2. The van der Waals surface area contributed by atoms with E-state index in [1.54, 1.807) is 21.2 Å². The van der Waals surface area contributed by atoms with E-state index in [0.717, 1.165) is 31.7 Å². The Kier molecular flexibility index (Phi) is 5.52. The van der Waals surface area contributed by atoms with E-state index in [-0.39, 0.29) is 28.9 Å². The average Bonchev–Trinajstić information content (AvgIpc) is 3.02. The number of likely N-dealkylation sites (tertiary alicyclic amines) is 2. The van der Waals surface area contributed by atoms with Gasteiger partial charge in [-0.3, -0.25) is 19.0 Å². The second kappa shape index (κ2) is 8.04. The number of piperidine rings is 1. The van der Waals surface area contributed by atoms with Crippen LogP contribution >= 0.6 is 11.8 Å². The minimum atomic E-state index is -0.250. The van der Waals surface area contributed by atoms with Crippen LogP contribution in [0, 0.1) is 5.92 Å². The van der Waals surface area contributed by atoms with E-state index in [0.29, 0.717) is 37.6 Å². The number of nitrogens with zero attached hydrogens (tertiary/aromatic N) is 4. The van der Waals surface area contributed by atoms with Crippen LogP contribution in [0.15, 0.2) is 16.1 Å². The summed E-state index contributed by atoms with van der Waals surface area (Å²) in [5.74, 6) is 0.827. The summed E-state index contributed by atoms with van der Waals surface area (Å²) in [6.07, 6.45) is 7.38. The smallest absolute Gasteiger partial charge is 0.267 e. The van der Waals surface area contributed by atoms with Gasteiger partial charge in [0.15, 0.2) is 5.16 Å². The molecule has 0 atom stereocenters. The van der Waals surface area contributed by atoms with E-state index in [1.165, 1.54) is 19.0 Å². The van der Waals surface area contributed by atoms with Gasteiger partial charge in [0.25, 0.3) is 11.5 Å². The maximum Gasteiger partial charge on any atom is 0.267 e. The van der Waals surface area contributed by atoms with Gasteiger partial charge >= 0.3 is 0 Å². The zero-order chi connectivity index (χ0) is 18.8. The first-order valence-electron chi connectivity index (χ1n) is 9.96. The highest BCUT2D eigenvalue weighted by molar-refractivity contribution is 7.99. The number of carbonyl (C=O) groups excluding carboxylic acids is 2. The molecule has 27 heavy (non-hydrogen) atoms. The molecule has 2 saturated heterocycles. The molecule has 0 radical (unpaired) electrons. The number of amides is 2. The molecule has 2 amide bonds. The molecular formula is C19H26N4O3S. The summed E-state index contributed by atoms with van der Waals surface area (Å²) in [6, 6.07) is 0. The highest BCUT2D eigenvalue weighted by Crippen LogP contribution is 2.24. The van der Waals surface area contributed by atoms with Crippen molar-refractivity contribution in [1.82, 2.24) is 19.4 Å². The van der Waals surface area contributed by atoms with Gasteiger partial charge in [-0.25, -0.2) is 4.98 Å². The van der Waals surface area contributed by atoms with Crippen LogP contribution in [0.2, 0.25) is 0 Å². The van der Waals surface area contributed by atoms with E-state index in [2.05, 4.69) is 4.98 Å². The molecule has 0 N–H and O–H groups in total. The van der Waals surface area contributed by atoms with Gasteiger partial charge in [-0.2, -0.15) is 0 Å². The van der Waals surface area contributed by atoms with Crippen molar-refractivity contribution in [3.63, 3.8) is 0 Å². The Balaban J connectivity index is 1.38. The number of fused-ring (bicyclic) bond motifs is 1. The first kappa shape index (κ1) is 18.5. The molecule has 0 bridgehead atoms. The Morgan fingerprint density at radius 2 is 1.67 bits per heavy atom. The van der Waals surface area contributed by atoms with Crippen LogP contribution in [0.5, 0.6) is 0 Å². The number of carbonyl (C=O) groups is 2. The Labute approximate surface area is 163 Å². The molecule has 146 valence electrons. The summed E-state index contributed by atoms with van der Waals surface area (Å²) in [5, 5.41) is 0.693. The Morgan fingerprint density at radius 3 is 2.37 bits per heavy atom. The third-order valence-electron chi connectivity index (χ3n) is 5.84. The summed E-state index contributed by atoms with van der Waals surface area (Å²) in [7, 11) is 0. The summed E-state index contributed by atoms with van der Waals surface area (Å²) in [6.45, 7) is 3.40. The van der Waals surface area contributed by atoms with Gasteiger partial charge in [-0.05, 0) is 25.7 Å². The van der Waals surface area contributed by atoms with Gasteiger partial charge in [0.1, 0.15) is 5.56 Å². The maximum absolute atomic E-state index is 12.8. The highest BCUT2D eigenvalue weighted by Gasteiger charge is 2.32. The van der Waals surface area contributed by atoms with Gasteiger partial charge in [-0.15, -0.1) is 0 Å². The molecule has 1 aromatic rings. The van der Waals surface area contributed by atoms with Gasteiger partial charge in [0.2, 0.25) is 5.91 Å². The average molecular weight is 391 g/mol. The first-order chi connectivity index (χ1) is 13.1. The molecule has 7 nitrogen and oxygen atoms in total. The number of hydrogen-bond acceptors (Lipinski definition) is 5. The highest BCUT2D eigenvalue weighted by atomic mass is 32.2. The van der Waals surface area contributed by atoms with Gasteiger partial charge in [0, 0.05) is 50.6 Å². The van der Waals surface area contributed by atoms with Crippen LogP contribution < -0.4 is 5.56 Å². The lowest BCUT2D eigenvalue weighted by molar-refractivity contribution is -0.136. The second-order valence-corrected chi connectivity index (χ2v) is 8.63. The van der Waals surface area contributed by atoms with Crippen molar-refractivity contribution in [1.29, 1.82) is 0 Å². The molecule has 3 aliphatic heterocycles. The lowest BCUT2D eigenvalue weighted by Crippen LogP contribution is -2.46. The Morgan fingerprint density at radius 1 is 0.963 bits per heavy atom. The maximum atomic E-state index is 12.8. The fourth-order valence-corrected chi connectivity index (χ4v) is 5.13. The standard InChI is InChI=1S/C19H26N4O3S/c24-16(21-7-3-1-2-4-8-21)14-5-9-22(10-6-14)17(25)15-13-20-19-23(18(15)26)11-12-27-19/h13-14H,1-12H2. The summed E-state index contributed by atoms with van der Waals surface area (Å²) >= 11 is 1.54. The van der Waals surface area contributed by atoms with Crippen molar-refractivity contribution in [3.8, 4) is 0 Å². The van der Waals surface area contributed by atoms with Crippen LogP contribution in [0.3, 0.4) is 0 Å². The third kappa shape index (κ3) is 3.77. The summed E-state index contributed by atoms with van der Waals surface area (Å²) < 4.78 is 1.59. The molecule has 2 fully saturated rings. The molecular weight excluding hydrogens is 364 g/mol. The van der Waals surface area contributed by atoms with Crippen LogP contribution in [0.4, 0.5) is 0 Å². The molecule has 0 aromatic carbocycles. The third-order valence-corrected chi connectivity index (χ3v) is 6.81. The van der Waals surface area contributed by atoms with Crippen LogP contribution in [0.25, 0.3) is 0 Å². The molecule has 4 rings (SSSR count). The lowest BCUT2D eigenvalue weighted by Gasteiger charge is -2.34. The first-order valence-corrected chi connectivity index (χ1v) is 10.9. The zero-order valence-corrected chi connectivity index (χ0v) is 16.4. The van der Waals surface area contributed by atoms with Gasteiger partial charge in [-0.1, -0.05) is 24.6 Å². The lowest BCUT2D eigenvalue weighted by atomic mass is 9.94. The minimum absolute atomic E-state index is 0.00259. The van der Waals surface area contributed by atoms with Crippen LogP contribution in [-0.2, 0) is 11.3 Å². The SMILES string of the molecule is O=C(c1cnc2n(c1=O)CCS2)N1CCC(C(=O)N2CCCCCC2)CC1. The zero-order valence-electron chi connectivity index (χ0n) is 15.6. The molecule has 0 unspecified atom stereocenters. The van der Waals surface area contributed by atoms with E-state index < -0.39 is 0 Å². The Bertz CT molecular complexity index is 778. The van der Waals surface area contributed by atoms with E-state index in [9.17, 15) is 14.4 Å². The molecule has 0 spiro atoms. The molecule has 0 saturated carbocycles. The second-order valence-electron chi connectivity index (χ2n) is 7.57. The van der Waals surface area contributed by atoms with E-state index in [1.807, 2.05) is 4.90 Å². The normalized spacial score (nSPS) is 21.0. The van der Waals surface area contributed by atoms with Gasteiger partial charge < -0.3 is 9.80 Å². The monoisotopic (exact) mass is 390 g/mol. The van der Waals surface area contributed by atoms with Crippen molar-refractivity contribution in [3.05, 3.63) is 22.1 Å². The molecule has 3 aliphatic rings. The predicted molar refractivity (Wildman–Crippen MR) is 103 cm³/mol. The van der Waals surface area contributed by atoms with Crippen molar-refractivity contribution in [2.45, 2.75) is 50.2 Å². The van der Waals surface area contributed by atoms with E-state index in [4.69, 9.17) is 0 Å². The van der Waals surface area contributed by atoms with Crippen LogP contribution in [-0.4, -0.2) is 63.1 Å². The van der Waals surface area contributed by atoms with Crippen LogP contribution in [0.1, 0.15) is 48.9 Å². The quantitative estimate of drug-likeness (QED) is 0.717. The van der Waals surface area contributed by atoms with Crippen molar-refractivity contribution >= 4 is 23.6 Å². The fraction of sp³-hybridized carbons (Fsp3) is 0.684.